The molecule has 0 radical (unpaired) electrons. The highest BCUT2D eigenvalue weighted by Crippen LogP contribution is 2.26. The van der Waals surface area contributed by atoms with Crippen LogP contribution in [0.4, 0.5) is 0 Å². The molecule has 1 N–H and O–H groups in total. The molecule has 0 spiro atoms. The number of carboxylic acids is 1. The third kappa shape index (κ3) is 4.23. The van der Waals surface area contributed by atoms with Crippen molar-refractivity contribution < 1.29 is 23.1 Å². The summed E-state index contributed by atoms with van der Waals surface area (Å²) < 4.78 is 29.4. The third-order valence-corrected chi connectivity index (χ3v) is 4.60. The van der Waals surface area contributed by atoms with E-state index in [4.69, 9.17) is 9.84 Å². The summed E-state index contributed by atoms with van der Waals surface area (Å²) in [7, 11) is -2.15. The van der Waals surface area contributed by atoms with Crippen LogP contribution in [-0.2, 0) is 9.84 Å². The minimum absolute atomic E-state index is 0.0120. The highest BCUT2D eigenvalue weighted by molar-refractivity contribution is 7.91. The zero-order valence-electron chi connectivity index (χ0n) is 12.1. The van der Waals surface area contributed by atoms with Gasteiger partial charge in [-0.25, -0.2) is 13.2 Å². The van der Waals surface area contributed by atoms with Crippen molar-refractivity contribution in [3.05, 3.63) is 23.8 Å². The zero-order chi connectivity index (χ0) is 15.6. The molecule has 0 amide bonds. The van der Waals surface area contributed by atoms with Crippen molar-refractivity contribution in [1.29, 1.82) is 0 Å². The molecule has 0 bridgehead atoms. The van der Waals surface area contributed by atoms with Crippen LogP contribution >= 0.6 is 0 Å². The molecule has 20 heavy (non-hydrogen) atoms. The average Bonchev–Trinajstić information content (AvgIpc) is 2.35. The van der Waals surface area contributed by atoms with E-state index in [2.05, 4.69) is 0 Å². The monoisotopic (exact) mass is 300 g/mol. The average molecular weight is 300 g/mol. The van der Waals surface area contributed by atoms with E-state index < -0.39 is 15.8 Å². The van der Waals surface area contributed by atoms with Gasteiger partial charge in [-0.3, -0.25) is 0 Å². The van der Waals surface area contributed by atoms with Crippen LogP contribution in [0.2, 0.25) is 0 Å². The first-order valence-corrected chi connectivity index (χ1v) is 7.86. The minimum atomic E-state index is -3.49. The lowest BCUT2D eigenvalue weighted by atomic mass is 9.94. The van der Waals surface area contributed by atoms with Gasteiger partial charge in [0.15, 0.2) is 9.84 Å². The van der Waals surface area contributed by atoms with Gasteiger partial charge in [-0.15, -0.1) is 0 Å². The molecule has 5 nitrogen and oxygen atoms in total. The SMILES string of the molecule is COc1ccc(S(=O)(=O)CCC(C)(C)C)cc1C(=O)O. The first kappa shape index (κ1) is 16.5. The molecule has 0 saturated carbocycles. The molecule has 112 valence electrons. The highest BCUT2D eigenvalue weighted by Gasteiger charge is 2.22. The fourth-order valence-corrected chi connectivity index (χ4v) is 3.30. The Labute approximate surface area is 119 Å². The topological polar surface area (TPSA) is 80.7 Å². The molecule has 0 aromatic heterocycles. The molecule has 0 atom stereocenters. The molecule has 1 rings (SSSR count). The fourth-order valence-electron chi connectivity index (χ4n) is 1.61. The Kier molecular flexibility index (Phi) is 4.81. The van der Waals surface area contributed by atoms with E-state index in [1.54, 1.807) is 0 Å². The summed E-state index contributed by atoms with van der Waals surface area (Å²) in [6.07, 6.45) is 0.504. The van der Waals surface area contributed by atoms with Crippen LogP contribution in [0.3, 0.4) is 0 Å². The van der Waals surface area contributed by atoms with Gasteiger partial charge in [0.05, 0.1) is 17.8 Å². The van der Waals surface area contributed by atoms with Gasteiger partial charge in [0.25, 0.3) is 0 Å². The molecular weight excluding hydrogens is 280 g/mol. The number of hydrogen-bond acceptors (Lipinski definition) is 4. The molecule has 1 aromatic rings. The quantitative estimate of drug-likeness (QED) is 0.904. The number of ether oxygens (including phenoxy) is 1. The molecule has 0 saturated heterocycles. The Balaban J connectivity index is 3.13. The largest absolute Gasteiger partial charge is 0.496 e. The van der Waals surface area contributed by atoms with Crippen LogP contribution in [0.25, 0.3) is 0 Å². The number of hydrogen-bond donors (Lipinski definition) is 1. The first-order valence-electron chi connectivity index (χ1n) is 6.21. The van der Waals surface area contributed by atoms with Crippen molar-refractivity contribution in [3.8, 4) is 5.75 Å². The van der Waals surface area contributed by atoms with Gasteiger partial charge in [-0.2, -0.15) is 0 Å². The van der Waals surface area contributed by atoms with Crippen LogP contribution in [0, 0.1) is 5.41 Å². The maximum atomic E-state index is 12.2. The molecule has 0 fully saturated rings. The Morgan fingerprint density at radius 2 is 1.90 bits per heavy atom. The lowest BCUT2D eigenvalue weighted by Crippen LogP contribution is -2.15. The maximum absolute atomic E-state index is 12.2. The van der Waals surface area contributed by atoms with E-state index in [0.29, 0.717) is 6.42 Å². The number of aromatic carboxylic acids is 1. The lowest BCUT2D eigenvalue weighted by Gasteiger charge is -2.18. The van der Waals surface area contributed by atoms with Crippen LogP contribution in [0.1, 0.15) is 37.6 Å². The number of carboxylic acid groups (broad SMARTS) is 1. The molecule has 0 aliphatic carbocycles. The number of benzene rings is 1. The maximum Gasteiger partial charge on any atom is 0.339 e. The van der Waals surface area contributed by atoms with Gasteiger partial charge < -0.3 is 9.84 Å². The summed E-state index contributed by atoms with van der Waals surface area (Å²) in [5.74, 6) is -1.08. The molecular formula is C14H20O5S. The van der Waals surface area contributed by atoms with E-state index in [-0.39, 0.29) is 27.4 Å². The van der Waals surface area contributed by atoms with E-state index in [0.717, 1.165) is 6.07 Å². The summed E-state index contributed by atoms with van der Waals surface area (Å²) in [5, 5.41) is 9.07. The minimum Gasteiger partial charge on any atom is -0.496 e. The second-order valence-electron chi connectivity index (χ2n) is 5.80. The molecule has 0 unspecified atom stereocenters. The van der Waals surface area contributed by atoms with E-state index >= 15 is 0 Å². The van der Waals surface area contributed by atoms with Crippen LogP contribution < -0.4 is 4.74 Å². The fraction of sp³-hybridized carbons (Fsp3) is 0.500. The van der Waals surface area contributed by atoms with Gasteiger partial charge in [-0.1, -0.05) is 20.8 Å². The van der Waals surface area contributed by atoms with Gasteiger partial charge in [0, 0.05) is 0 Å². The summed E-state index contributed by atoms with van der Waals surface area (Å²) in [5.41, 5.74) is -0.251. The second-order valence-corrected chi connectivity index (χ2v) is 7.91. The van der Waals surface area contributed by atoms with Gasteiger partial charge >= 0.3 is 5.97 Å². The van der Waals surface area contributed by atoms with Crippen molar-refractivity contribution in [2.75, 3.05) is 12.9 Å². The Bertz CT molecular complexity index is 596. The van der Waals surface area contributed by atoms with E-state index in [1.807, 2.05) is 20.8 Å². The molecule has 0 aliphatic heterocycles. The number of methoxy groups -OCH3 is 1. The Morgan fingerprint density at radius 1 is 1.30 bits per heavy atom. The van der Waals surface area contributed by atoms with Gasteiger partial charge in [0.1, 0.15) is 11.3 Å². The number of rotatable bonds is 5. The predicted octanol–water partition coefficient (Wildman–Crippen LogP) is 2.60. The van der Waals surface area contributed by atoms with E-state index in [9.17, 15) is 13.2 Å². The molecule has 0 heterocycles. The second kappa shape index (κ2) is 5.83. The van der Waals surface area contributed by atoms with Gasteiger partial charge in [0.2, 0.25) is 0 Å². The predicted molar refractivity (Wildman–Crippen MR) is 76.1 cm³/mol. The highest BCUT2D eigenvalue weighted by atomic mass is 32.2. The summed E-state index contributed by atoms with van der Waals surface area (Å²) in [4.78, 5) is 11.1. The molecule has 6 heteroatoms. The summed E-state index contributed by atoms with van der Waals surface area (Å²) >= 11 is 0. The van der Waals surface area contributed by atoms with Crippen LogP contribution in [-0.4, -0.2) is 32.4 Å². The number of sulfone groups is 1. The lowest BCUT2D eigenvalue weighted by molar-refractivity contribution is 0.0693. The first-order chi connectivity index (χ1) is 9.07. The van der Waals surface area contributed by atoms with Gasteiger partial charge in [-0.05, 0) is 30.0 Å². The smallest absolute Gasteiger partial charge is 0.339 e. The number of carbonyl (C=O) groups is 1. The van der Waals surface area contributed by atoms with Crippen molar-refractivity contribution in [3.63, 3.8) is 0 Å². The van der Waals surface area contributed by atoms with Crippen molar-refractivity contribution in [2.45, 2.75) is 32.1 Å². The molecule has 0 aliphatic rings. The Morgan fingerprint density at radius 3 is 2.35 bits per heavy atom. The van der Waals surface area contributed by atoms with Crippen LogP contribution in [0.15, 0.2) is 23.1 Å². The molecule has 1 aromatic carbocycles. The summed E-state index contributed by atoms with van der Waals surface area (Å²) in [6.45, 7) is 5.87. The normalized spacial score (nSPS) is 12.2. The zero-order valence-corrected chi connectivity index (χ0v) is 13.0. The Hall–Kier alpha value is -1.56. The van der Waals surface area contributed by atoms with Crippen molar-refractivity contribution >= 4 is 15.8 Å². The van der Waals surface area contributed by atoms with Crippen LogP contribution in [0.5, 0.6) is 5.75 Å². The van der Waals surface area contributed by atoms with Crippen molar-refractivity contribution in [1.82, 2.24) is 0 Å². The van der Waals surface area contributed by atoms with Crippen molar-refractivity contribution in [2.24, 2.45) is 5.41 Å². The third-order valence-electron chi connectivity index (χ3n) is 2.88. The van der Waals surface area contributed by atoms with E-state index in [1.165, 1.54) is 19.2 Å². The standard InChI is InChI=1S/C14H20O5S/c1-14(2,3)7-8-20(17,18)10-5-6-12(19-4)11(9-10)13(15)16/h5-6,9H,7-8H2,1-4H3,(H,15,16). The summed E-state index contributed by atoms with van der Waals surface area (Å²) in [6, 6.07) is 3.90.